The Morgan fingerprint density at radius 3 is 2.38 bits per heavy atom. The van der Waals surface area contributed by atoms with Crippen molar-refractivity contribution in [3.8, 4) is 0 Å². The smallest absolute Gasteiger partial charge is 0.315 e. The van der Waals surface area contributed by atoms with Gasteiger partial charge < -0.3 is 10.6 Å². The molecule has 2 amide bonds. The first-order valence-corrected chi connectivity index (χ1v) is 5.28. The Labute approximate surface area is 96.6 Å². The van der Waals surface area contributed by atoms with E-state index in [-0.39, 0.29) is 11.4 Å². The van der Waals surface area contributed by atoms with Gasteiger partial charge in [0.1, 0.15) is 0 Å². The van der Waals surface area contributed by atoms with Gasteiger partial charge in [-0.1, -0.05) is 45.0 Å². The lowest BCUT2D eigenvalue weighted by Crippen LogP contribution is -2.24. The molecule has 1 rings (SSSR count). The van der Waals surface area contributed by atoms with E-state index in [0.717, 1.165) is 5.69 Å². The molecule has 0 fully saturated rings. The van der Waals surface area contributed by atoms with E-state index in [1.165, 1.54) is 0 Å². The summed E-state index contributed by atoms with van der Waals surface area (Å²) < 4.78 is 0. The lowest BCUT2D eigenvalue weighted by atomic mass is 9.97. The Balaban J connectivity index is 2.41. The number of allylic oxidation sites excluding steroid dienone is 1. The van der Waals surface area contributed by atoms with Crippen molar-refractivity contribution in [1.29, 1.82) is 0 Å². The van der Waals surface area contributed by atoms with Crippen LogP contribution < -0.4 is 10.6 Å². The molecule has 0 spiro atoms. The maximum Gasteiger partial charge on any atom is 0.323 e. The molecule has 0 aliphatic heterocycles. The first-order chi connectivity index (χ1) is 7.47. The van der Waals surface area contributed by atoms with Crippen molar-refractivity contribution < 1.29 is 4.79 Å². The van der Waals surface area contributed by atoms with Crippen LogP contribution in [0.1, 0.15) is 20.8 Å². The van der Waals surface area contributed by atoms with Gasteiger partial charge in [-0.3, -0.25) is 0 Å². The molecule has 3 nitrogen and oxygen atoms in total. The predicted molar refractivity (Wildman–Crippen MR) is 67.2 cm³/mol. The van der Waals surface area contributed by atoms with Crippen molar-refractivity contribution in [2.45, 2.75) is 20.8 Å². The molecule has 0 bridgehead atoms. The zero-order valence-electron chi connectivity index (χ0n) is 9.95. The summed E-state index contributed by atoms with van der Waals surface area (Å²) >= 11 is 0. The molecule has 0 radical (unpaired) electrons. The fraction of sp³-hybridized carbons (Fsp3) is 0.308. The number of hydrogen-bond donors (Lipinski definition) is 2. The van der Waals surface area contributed by atoms with E-state index in [0.29, 0.717) is 0 Å². The molecular weight excluding hydrogens is 200 g/mol. The van der Waals surface area contributed by atoms with Crippen LogP contribution in [0, 0.1) is 5.41 Å². The molecule has 0 aliphatic rings. The number of para-hydroxylation sites is 1. The highest BCUT2D eigenvalue weighted by molar-refractivity contribution is 5.89. The molecule has 0 aromatic heterocycles. The summed E-state index contributed by atoms with van der Waals surface area (Å²) in [5.41, 5.74) is 0.851. The van der Waals surface area contributed by atoms with Gasteiger partial charge in [-0.15, -0.1) is 0 Å². The lowest BCUT2D eigenvalue weighted by molar-refractivity contribution is 0.255. The Bertz CT molecular complexity index is 363. The molecule has 1 aromatic carbocycles. The Morgan fingerprint density at radius 1 is 1.19 bits per heavy atom. The normalized spacial score (nSPS) is 11.4. The molecule has 0 heterocycles. The molecule has 86 valence electrons. The monoisotopic (exact) mass is 218 g/mol. The number of amides is 2. The highest BCUT2D eigenvalue weighted by Crippen LogP contribution is 2.13. The van der Waals surface area contributed by atoms with Crippen molar-refractivity contribution in [3.05, 3.63) is 42.6 Å². The number of benzene rings is 1. The summed E-state index contributed by atoms with van der Waals surface area (Å²) in [6.07, 6.45) is 3.61. The van der Waals surface area contributed by atoms with Crippen LogP contribution in [0.2, 0.25) is 0 Å². The van der Waals surface area contributed by atoms with Gasteiger partial charge in [0.2, 0.25) is 0 Å². The van der Waals surface area contributed by atoms with Crippen LogP contribution in [-0.4, -0.2) is 6.03 Å². The van der Waals surface area contributed by atoms with Gasteiger partial charge in [0.05, 0.1) is 0 Å². The minimum absolute atomic E-state index is 0.0695. The second kappa shape index (κ2) is 5.35. The zero-order chi connectivity index (χ0) is 12.0. The van der Waals surface area contributed by atoms with E-state index in [1.54, 1.807) is 6.20 Å². The third-order valence-corrected chi connectivity index (χ3v) is 1.83. The third-order valence-electron chi connectivity index (χ3n) is 1.83. The van der Waals surface area contributed by atoms with Gasteiger partial charge in [-0.25, -0.2) is 4.79 Å². The van der Waals surface area contributed by atoms with Crippen molar-refractivity contribution in [2.75, 3.05) is 5.32 Å². The van der Waals surface area contributed by atoms with Crippen molar-refractivity contribution >= 4 is 11.7 Å². The summed E-state index contributed by atoms with van der Waals surface area (Å²) in [5, 5.41) is 5.38. The van der Waals surface area contributed by atoms with Crippen molar-refractivity contribution in [3.63, 3.8) is 0 Å². The van der Waals surface area contributed by atoms with Crippen LogP contribution in [0.25, 0.3) is 0 Å². The number of carbonyl (C=O) groups excluding carboxylic acids is 1. The van der Waals surface area contributed by atoms with Gasteiger partial charge in [0, 0.05) is 11.9 Å². The first kappa shape index (κ1) is 12.3. The highest BCUT2D eigenvalue weighted by atomic mass is 16.2. The van der Waals surface area contributed by atoms with Crippen LogP contribution in [-0.2, 0) is 0 Å². The van der Waals surface area contributed by atoms with E-state index in [4.69, 9.17) is 0 Å². The molecule has 0 atom stereocenters. The molecule has 2 N–H and O–H groups in total. The number of anilines is 1. The van der Waals surface area contributed by atoms with E-state index >= 15 is 0 Å². The summed E-state index contributed by atoms with van der Waals surface area (Å²) in [7, 11) is 0. The molecule has 0 unspecified atom stereocenters. The van der Waals surface area contributed by atoms with E-state index < -0.39 is 0 Å². The molecule has 16 heavy (non-hydrogen) atoms. The molecule has 1 aromatic rings. The summed E-state index contributed by atoms with van der Waals surface area (Å²) in [4.78, 5) is 11.4. The molecule has 0 aliphatic carbocycles. The van der Waals surface area contributed by atoms with Crippen molar-refractivity contribution in [1.82, 2.24) is 5.32 Å². The zero-order valence-corrected chi connectivity index (χ0v) is 9.95. The minimum Gasteiger partial charge on any atom is -0.315 e. The Morgan fingerprint density at radius 2 is 1.81 bits per heavy atom. The Hall–Kier alpha value is -1.77. The Kier molecular flexibility index (Phi) is 4.11. The van der Waals surface area contributed by atoms with E-state index in [2.05, 4.69) is 31.4 Å². The molecular formula is C13H18N2O. The number of hydrogen-bond acceptors (Lipinski definition) is 1. The van der Waals surface area contributed by atoms with Crippen molar-refractivity contribution in [2.24, 2.45) is 5.41 Å². The number of urea groups is 1. The fourth-order valence-corrected chi connectivity index (χ4v) is 1.06. The van der Waals surface area contributed by atoms with Crippen LogP contribution >= 0.6 is 0 Å². The quantitative estimate of drug-likeness (QED) is 0.785. The van der Waals surface area contributed by atoms with Gasteiger partial charge in [0.15, 0.2) is 0 Å². The van der Waals surface area contributed by atoms with Gasteiger partial charge in [-0.2, -0.15) is 0 Å². The second-order valence-corrected chi connectivity index (χ2v) is 4.66. The highest BCUT2D eigenvalue weighted by Gasteiger charge is 2.04. The number of nitrogens with one attached hydrogen (secondary N) is 2. The topological polar surface area (TPSA) is 41.1 Å². The third kappa shape index (κ3) is 5.20. The van der Waals surface area contributed by atoms with Crippen LogP contribution in [0.3, 0.4) is 0 Å². The van der Waals surface area contributed by atoms with Gasteiger partial charge >= 0.3 is 6.03 Å². The van der Waals surface area contributed by atoms with Crippen LogP contribution in [0.15, 0.2) is 42.6 Å². The van der Waals surface area contributed by atoms with Gasteiger partial charge in [-0.05, 0) is 17.5 Å². The maximum atomic E-state index is 11.4. The second-order valence-electron chi connectivity index (χ2n) is 4.66. The average molecular weight is 218 g/mol. The van der Waals surface area contributed by atoms with Crippen LogP contribution in [0.5, 0.6) is 0 Å². The first-order valence-electron chi connectivity index (χ1n) is 5.28. The summed E-state index contributed by atoms with van der Waals surface area (Å²) in [6, 6.07) is 9.11. The predicted octanol–water partition coefficient (Wildman–Crippen LogP) is 3.37. The number of carbonyl (C=O) groups is 1. The maximum absolute atomic E-state index is 11.4. The fourth-order valence-electron chi connectivity index (χ4n) is 1.06. The van der Waals surface area contributed by atoms with E-state index in [9.17, 15) is 4.79 Å². The summed E-state index contributed by atoms with van der Waals surface area (Å²) in [6.45, 7) is 6.21. The summed E-state index contributed by atoms with van der Waals surface area (Å²) in [5.74, 6) is 0. The molecule has 0 saturated heterocycles. The molecule has 3 heteroatoms. The minimum atomic E-state index is -0.230. The SMILES string of the molecule is CC(C)(C)/C=C/NC(=O)Nc1ccccc1. The van der Waals surface area contributed by atoms with Crippen LogP contribution in [0.4, 0.5) is 10.5 Å². The largest absolute Gasteiger partial charge is 0.323 e. The van der Waals surface area contributed by atoms with Gasteiger partial charge in [0.25, 0.3) is 0 Å². The molecule has 0 saturated carbocycles. The lowest BCUT2D eigenvalue weighted by Gasteiger charge is -2.11. The van der Waals surface area contributed by atoms with E-state index in [1.807, 2.05) is 36.4 Å². The standard InChI is InChI=1S/C13H18N2O/c1-13(2,3)9-10-14-12(16)15-11-7-5-4-6-8-11/h4-10H,1-3H3,(H2,14,15,16)/b10-9+. The average Bonchev–Trinajstić information content (AvgIpc) is 2.17. The number of rotatable bonds is 2.